The number of carbonyl (C=O) groups is 1. The lowest BCUT2D eigenvalue weighted by atomic mass is 9.70. The van der Waals surface area contributed by atoms with Crippen molar-refractivity contribution in [3.8, 4) is 11.5 Å². The second-order valence-electron chi connectivity index (χ2n) is 8.41. The minimum absolute atomic E-state index is 0.227. The van der Waals surface area contributed by atoms with Crippen LogP contribution in [0.3, 0.4) is 0 Å². The zero-order valence-corrected chi connectivity index (χ0v) is 16.6. The van der Waals surface area contributed by atoms with E-state index < -0.39 is 5.76 Å². The first kappa shape index (κ1) is 19.1. The number of nitrogens with zero attached hydrogens (tertiary/aromatic N) is 2. The molecule has 1 aromatic carbocycles. The Morgan fingerprint density at radius 3 is 2.83 bits per heavy atom. The molecule has 1 atom stereocenters. The van der Waals surface area contributed by atoms with E-state index in [0.29, 0.717) is 22.6 Å². The average molecular weight is 392 g/mol. The predicted molar refractivity (Wildman–Crippen MR) is 110 cm³/mol. The van der Waals surface area contributed by atoms with Gasteiger partial charge in [0.1, 0.15) is 5.69 Å². The number of hydrogen-bond donors (Lipinski definition) is 2. The molecule has 1 amide bonds. The molecular formula is C22H24N4O3. The Morgan fingerprint density at radius 1 is 1.28 bits per heavy atom. The van der Waals surface area contributed by atoms with Gasteiger partial charge in [0.05, 0.1) is 5.56 Å². The summed E-state index contributed by atoms with van der Waals surface area (Å²) in [5.74, 6) is -0.130. The SMILES string of the molecule is CC1(C)CCCC(c2cccc(NC(=O)c3ccc(-c4noc(=O)[nH]4)nc3)c2)C1. The van der Waals surface area contributed by atoms with E-state index in [-0.39, 0.29) is 11.7 Å². The van der Waals surface area contributed by atoms with Gasteiger partial charge in [0, 0.05) is 11.9 Å². The van der Waals surface area contributed by atoms with Crippen LogP contribution in [0, 0.1) is 5.41 Å². The van der Waals surface area contributed by atoms with Crippen molar-refractivity contribution in [2.24, 2.45) is 5.41 Å². The summed E-state index contributed by atoms with van der Waals surface area (Å²) in [4.78, 5) is 30.3. The zero-order chi connectivity index (χ0) is 20.4. The Balaban J connectivity index is 1.46. The van der Waals surface area contributed by atoms with E-state index in [1.54, 1.807) is 12.1 Å². The van der Waals surface area contributed by atoms with Gasteiger partial charge in [-0.1, -0.05) is 37.6 Å². The summed E-state index contributed by atoms with van der Waals surface area (Å²) in [6, 6.07) is 11.4. The highest BCUT2D eigenvalue weighted by Crippen LogP contribution is 2.43. The fraction of sp³-hybridized carbons (Fsp3) is 0.364. The normalized spacial score (nSPS) is 18.3. The first-order valence-electron chi connectivity index (χ1n) is 9.83. The molecule has 29 heavy (non-hydrogen) atoms. The molecule has 7 nitrogen and oxygen atoms in total. The van der Waals surface area contributed by atoms with E-state index in [9.17, 15) is 9.59 Å². The molecule has 0 aliphatic heterocycles. The number of nitrogens with one attached hydrogen (secondary N) is 2. The van der Waals surface area contributed by atoms with E-state index in [4.69, 9.17) is 0 Å². The number of H-pyrrole nitrogens is 1. The second-order valence-corrected chi connectivity index (χ2v) is 8.41. The lowest BCUT2D eigenvalue weighted by Crippen LogP contribution is -2.21. The monoisotopic (exact) mass is 392 g/mol. The van der Waals surface area contributed by atoms with Crippen LogP contribution in [-0.2, 0) is 0 Å². The number of pyridine rings is 1. The van der Waals surface area contributed by atoms with E-state index in [2.05, 4.69) is 50.9 Å². The highest BCUT2D eigenvalue weighted by molar-refractivity contribution is 6.04. The number of rotatable bonds is 4. The van der Waals surface area contributed by atoms with E-state index >= 15 is 0 Å². The van der Waals surface area contributed by atoms with Crippen molar-refractivity contribution in [2.75, 3.05) is 5.32 Å². The van der Waals surface area contributed by atoms with Crippen LogP contribution in [0.15, 0.2) is 51.9 Å². The number of aromatic nitrogens is 3. The van der Waals surface area contributed by atoms with E-state index in [0.717, 1.165) is 5.69 Å². The third-order valence-electron chi connectivity index (χ3n) is 5.53. The smallest absolute Gasteiger partial charge is 0.322 e. The van der Waals surface area contributed by atoms with Crippen LogP contribution in [-0.4, -0.2) is 21.0 Å². The number of hydrogen-bond acceptors (Lipinski definition) is 5. The number of amides is 1. The number of carbonyl (C=O) groups excluding carboxylic acids is 1. The van der Waals surface area contributed by atoms with Gasteiger partial charge in [-0.2, -0.15) is 0 Å². The van der Waals surface area contributed by atoms with Gasteiger partial charge >= 0.3 is 5.76 Å². The Labute approximate surface area is 168 Å². The predicted octanol–water partition coefficient (Wildman–Crippen LogP) is 4.36. The third kappa shape index (κ3) is 4.45. The number of aromatic amines is 1. The Kier molecular flexibility index (Phi) is 5.05. The number of benzene rings is 1. The Morgan fingerprint density at radius 2 is 2.14 bits per heavy atom. The highest BCUT2D eigenvalue weighted by Gasteiger charge is 2.28. The van der Waals surface area contributed by atoms with Crippen LogP contribution in [0.1, 0.15) is 61.4 Å². The molecule has 2 heterocycles. The molecular weight excluding hydrogens is 368 g/mol. The Hall–Kier alpha value is -3.22. The van der Waals surface area contributed by atoms with Crippen molar-refractivity contribution in [1.29, 1.82) is 0 Å². The average Bonchev–Trinajstić information content (AvgIpc) is 3.14. The lowest BCUT2D eigenvalue weighted by Gasteiger charge is -2.35. The van der Waals surface area contributed by atoms with Crippen molar-refractivity contribution in [1.82, 2.24) is 15.1 Å². The van der Waals surface area contributed by atoms with Crippen LogP contribution >= 0.6 is 0 Å². The van der Waals surface area contributed by atoms with Crippen LogP contribution in [0.2, 0.25) is 0 Å². The largest absolute Gasteiger partial charge is 0.439 e. The van der Waals surface area contributed by atoms with Gasteiger partial charge in [-0.3, -0.25) is 19.3 Å². The summed E-state index contributed by atoms with van der Waals surface area (Å²) in [7, 11) is 0. The molecule has 0 spiro atoms. The highest BCUT2D eigenvalue weighted by atomic mass is 16.5. The summed E-state index contributed by atoms with van der Waals surface area (Å²) in [6.45, 7) is 4.66. The van der Waals surface area contributed by atoms with Gasteiger partial charge < -0.3 is 5.32 Å². The Bertz CT molecular complexity index is 1070. The van der Waals surface area contributed by atoms with Crippen LogP contribution < -0.4 is 11.1 Å². The lowest BCUT2D eigenvalue weighted by molar-refractivity contribution is 0.102. The molecule has 150 valence electrons. The molecule has 1 fully saturated rings. The maximum atomic E-state index is 12.6. The topological polar surface area (TPSA) is 101 Å². The van der Waals surface area contributed by atoms with Gasteiger partial charge in [-0.15, -0.1) is 0 Å². The van der Waals surface area contributed by atoms with Crippen molar-refractivity contribution in [3.63, 3.8) is 0 Å². The summed E-state index contributed by atoms with van der Waals surface area (Å²) in [6.07, 6.45) is 6.32. The van der Waals surface area contributed by atoms with Crippen LogP contribution in [0.5, 0.6) is 0 Å². The maximum absolute atomic E-state index is 12.6. The summed E-state index contributed by atoms with van der Waals surface area (Å²) < 4.78 is 4.47. The third-order valence-corrected chi connectivity index (χ3v) is 5.53. The molecule has 1 saturated carbocycles. The van der Waals surface area contributed by atoms with Gasteiger partial charge in [0.15, 0.2) is 0 Å². The molecule has 4 rings (SSSR count). The molecule has 1 aliphatic rings. The van der Waals surface area contributed by atoms with Gasteiger partial charge in [-0.05, 0) is 60.4 Å². The van der Waals surface area contributed by atoms with Crippen molar-refractivity contribution in [2.45, 2.75) is 45.4 Å². The van der Waals surface area contributed by atoms with Gasteiger partial charge in [0.25, 0.3) is 5.91 Å². The summed E-state index contributed by atoms with van der Waals surface area (Å²) >= 11 is 0. The van der Waals surface area contributed by atoms with E-state index in [1.807, 2.05) is 12.1 Å². The molecule has 0 bridgehead atoms. The van der Waals surface area contributed by atoms with Crippen molar-refractivity contribution >= 4 is 11.6 Å². The minimum Gasteiger partial charge on any atom is -0.322 e. The fourth-order valence-corrected chi connectivity index (χ4v) is 4.06. The van der Waals surface area contributed by atoms with Crippen LogP contribution in [0.4, 0.5) is 5.69 Å². The number of anilines is 1. The molecule has 2 N–H and O–H groups in total. The first-order valence-corrected chi connectivity index (χ1v) is 9.83. The molecule has 0 radical (unpaired) electrons. The summed E-state index contributed by atoms with van der Waals surface area (Å²) in [5, 5.41) is 6.54. The fourth-order valence-electron chi connectivity index (χ4n) is 4.06. The van der Waals surface area contributed by atoms with Crippen molar-refractivity contribution in [3.05, 3.63) is 64.3 Å². The first-order chi connectivity index (χ1) is 13.9. The molecule has 3 aromatic rings. The van der Waals surface area contributed by atoms with Crippen LogP contribution in [0.25, 0.3) is 11.5 Å². The van der Waals surface area contributed by atoms with Crippen molar-refractivity contribution < 1.29 is 9.32 Å². The minimum atomic E-state index is -0.648. The molecule has 2 aromatic heterocycles. The molecule has 7 heteroatoms. The standard InChI is InChI=1S/C22H24N4O3/c1-22(2)10-4-6-15(12-22)14-5-3-7-17(11-14)24-20(27)16-8-9-18(23-13-16)19-25-21(28)29-26-19/h3,5,7-9,11,13,15H,4,6,10,12H2,1-2H3,(H,24,27)(H,25,26,28). The summed E-state index contributed by atoms with van der Waals surface area (Å²) in [5.41, 5.74) is 3.27. The van der Waals surface area contributed by atoms with Gasteiger partial charge in [0.2, 0.25) is 5.82 Å². The van der Waals surface area contributed by atoms with Gasteiger partial charge in [-0.25, -0.2) is 4.79 Å². The quantitative estimate of drug-likeness (QED) is 0.687. The van der Waals surface area contributed by atoms with E-state index in [1.165, 1.54) is 37.4 Å². The molecule has 1 aliphatic carbocycles. The second kappa shape index (κ2) is 7.66. The maximum Gasteiger partial charge on any atom is 0.439 e. The molecule has 0 saturated heterocycles. The zero-order valence-electron chi connectivity index (χ0n) is 16.6. The molecule has 1 unspecified atom stereocenters.